The molecule has 1 fully saturated rings. The molecule has 1 heterocycles. The van der Waals surface area contributed by atoms with Crippen molar-refractivity contribution >= 4 is 23.9 Å². The van der Waals surface area contributed by atoms with Gasteiger partial charge in [0.05, 0.1) is 0 Å². The number of carboxylic acid groups (broad SMARTS) is 1. The minimum Gasteiger partial charge on any atom is -0.480 e. The minimum absolute atomic E-state index is 0.0174. The maximum Gasteiger partial charge on any atom is 0.408 e. The predicted molar refractivity (Wildman–Crippen MR) is 124 cm³/mol. The molecule has 3 rings (SSSR count). The van der Waals surface area contributed by atoms with Crippen LogP contribution in [0.15, 0.2) is 54.6 Å². The van der Waals surface area contributed by atoms with Crippen molar-refractivity contribution in [2.75, 3.05) is 26.2 Å². The molecule has 180 valence electrons. The quantitative estimate of drug-likeness (QED) is 0.616. The normalized spacial score (nSPS) is 14.3. The molecular weight excluding hydrogens is 438 g/mol. The van der Waals surface area contributed by atoms with Gasteiger partial charge >= 0.3 is 12.1 Å². The zero-order valence-electron chi connectivity index (χ0n) is 19.1. The molecule has 0 bridgehead atoms. The van der Waals surface area contributed by atoms with Gasteiger partial charge in [-0.25, -0.2) is 9.59 Å². The summed E-state index contributed by atoms with van der Waals surface area (Å²) in [6.45, 7) is 3.51. The van der Waals surface area contributed by atoms with Gasteiger partial charge < -0.3 is 25.0 Å². The van der Waals surface area contributed by atoms with Crippen molar-refractivity contribution in [3.05, 3.63) is 71.3 Å². The molecule has 0 unspecified atom stereocenters. The second kappa shape index (κ2) is 11.8. The number of nitrogens with zero attached hydrogens (tertiary/aromatic N) is 2. The fourth-order valence-electron chi connectivity index (χ4n) is 3.71. The maximum atomic E-state index is 12.7. The number of nitrogens with one attached hydrogen (secondary N) is 1. The molecule has 34 heavy (non-hydrogen) atoms. The van der Waals surface area contributed by atoms with E-state index in [0.717, 1.165) is 11.1 Å². The van der Waals surface area contributed by atoms with Crippen LogP contribution >= 0.6 is 0 Å². The molecule has 2 aromatic rings. The van der Waals surface area contributed by atoms with Crippen LogP contribution < -0.4 is 5.32 Å². The van der Waals surface area contributed by atoms with Crippen LogP contribution in [0.2, 0.25) is 0 Å². The maximum absolute atomic E-state index is 12.7. The number of rotatable bonds is 8. The monoisotopic (exact) mass is 467 g/mol. The van der Waals surface area contributed by atoms with E-state index in [2.05, 4.69) is 5.32 Å². The second-order valence-corrected chi connectivity index (χ2v) is 8.18. The standard InChI is InChI=1S/C25H29N3O6/c1-18-6-5-9-20(16-18)23(30)28-14-12-27(13-15-28)22(29)11-10-21(24(31)32)26-25(33)34-17-19-7-3-2-4-8-19/h2-9,16,21H,10-15,17H2,1H3,(H,26,33)(H,31,32)/t21-/m0/s1. The van der Waals surface area contributed by atoms with E-state index >= 15 is 0 Å². The van der Waals surface area contributed by atoms with Crippen molar-refractivity contribution in [3.8, 4) is 0 Å². The first-order chi connectivity index (χ1) is 16.3. The number of amides is 3. The highest BCUT2D eigenvalue weighted by Crippen LogP contribution is 2.12. The Morgan fingerprint density at radius 3 is 2.29 bits per heavy atom. The lowest BCUT2D eigenvalue weighted by molar-refractivity contribution is -0.140. The molecule has 3 amide bonds. The summed E-state index contributed by atoms with van der Waals surface area (Å²) in [6.07, 6.45) is -0.953. The Labute approximate surface area is 198 Å². The molecule has 2 aromatic carbocycles. The molecule has 9 nitrogen and oxygen atoms in total. The first-order valence-electron chi connectivity index (χ1n) is 11.2. The number of benzene rings is 2. The SMILES string of the molecule is Cc1cccc(C(=O)N2CCN(C(=O)CC[C@H](NC(=O)OCc3ccccc3)C(=O)O)CC2)c1. The van der Waals surface area contributed by atoms with Crippen LogP contribution in [0, 0.1) is 6.92 Å². The van der Waals surface area contributed by atoms with Gasteiger partial charge in [-0.15, -0.1) is 0 Å². The smallest absolute Gasteiger partial charge is 0.408 e. The predicted octanol–water partition coefficient (Wildman–Crippen LogP) is 2.44. The van der Waals surface area contributed by atoms with Crippen LogP contribution in [0.25, 0.3) is 0 Å². The summed E-state index contributed by atoms with van der Waals surface area (Å²) >= 11 is 0. The van der Waals surface area contributed by atoms with Gasteiger partial charge in [0.1, 0.15) is 12.6 Å². The van der Waals surface area contributed by atoms with Crippen LogP contribution in [0.3, 0.4) is 0 Å². The Morgan fingerprint density at radius 2 is 1.65 bits per heavy atom. The summed E-state index contributed by atoms with van der Waals surface area (Å²) in [5, 5.41) is 11.7. The Morgan fingerprint density at radius 1 is 0.971 bits per heavy atom. The van der Waals surface area contributed by atoms with Gasteiger partial charge in [-0.2, -0.15) is 0 Å². The highest BCUT2D eigenvalue weighted by atomic mass is 16.5. The number of carboxylic acids is 1. The number of carbonyl (C=O) groups is 4. The Bertz CT molecular complexity index is 1020. The molecule has 0 radical (unpaired) electrons. The largest absolute Gasteiger partial charge is 0.480 e. The summed E-state index contributed by atoms with van der Waals surface area (Å²) in [7, 11) is 0. The average Bonchev–Trinajstić information content (AvgIpc) is 2.85. The summed E-state index contributed by atoms with van der Waals surface area (Å²) < 4.78 is 5.06. The van der Waals surface area contributed by atoms with E-state index in [1.165, 1.54) is 0 Å². The summed E-state index contributed by atoms with van der Waals surface area (Å²) in [6, 6.07) is 15.2. The van der Waals surface area contributed by atoms with E-state index in [1.54, 1.807) is 40.1 Å². The van der Waals surface area contributed by atoms with Gasteiger partial charge in [-0.1, -0.05) is 48.0 Å². The molecule has 1 atom stereocenters. The van der Waals surface area contributed by atoms with Crippen molar-refractivity contribution in [3.63, 3.8) is 0 Å². The Balaban J connectivity index is 1.43. The average molecular weight is 468 g/mol. The highest BCUT2D eigenvalue weighted by Gasteiger charge is 2.27. The van der Waals surface area contributed by atoms with Crippen LogP contribution in [-0.4, -0.2) is 71.0 Å². The van der Waals surface area contributed by atoms with Crippen molar-refractivity contribution in [2.45, 2.75) is 32.4 Å². The number of hydrogen-bond donors (Lipinski definition) is 2. The van der Waals surface area contributed by atoms with Gasteiger partial charge in [0.15, 0.2) is 0 Å². The first kappa shape index (κ1) is 24.8. The number of alkyl carbamates (subject to hydrolysis) is 1. The molecule has 9 heteroatoms. The van der Waals surface area contributed by atoms with E-state index in [4.69, 9.17) is 4.74 Å². The number of ether oxygens (including phenoxy) is 1. The third-order valence-corrected chi connectivity index (χ3v) is 5.63. The van der Waals surface area contributed by atoms with Gasteiger partial charge in [0, 0.05) is 38.2 Å². The van der Waals surface area contributed by atoms with Crippen molar-refractivity contribution in [2.24, 2.45) is 0 Å². The van der Waals surface area contributed by atoms with Crippen molar-refractivity contribution in [1.82, 2.24) is 15.1 Å². The zero-order valence-corrected chi connectivity index (χ0v) is 19.1. The highest BCUT2D eigenvalue weighted by molar-refractivity contribution is 5.94. The Kier molecular flexibility index (Phi) is 8.61. The first-order valence-corrected chi connectivity index (χ1v) is 11.2. The molecule has 1 aliphatic heterocycles. The van der Waals surface area contributed by atoms with Crippen molar-refractivity contribution < 1.29 is 29.0 Å². The summed E-state index contributed by atoms with van der Waals surface area (Å²) in [5.74, 6) is -1.52. The zero-order chi connectivity index (χ0) is 24.5. The van der Waals surface area contributed by atoms with Gasteiger partial charge in [-0.3, -0.25) is 9.59 Å². The van der Waals surface area contributed by atoms with Crippen LogP contribution in [-0.2, 0) is 20.9 Å². The molecule has 1 aliphatic rings. The van der Waals surface area contributed by atoms with E-state index in [-0.39, 0.29) is 31.3 Å². The second-order valence-electron chi connectivity index (χ2n) is 8.18. The lowest BCUT2D eigenvalue weighted by Crippen LogP contribution is -2.51. The van der Waals surface area contributed by atoms with Crippen LogP contribution in [0.5, 0.6) is 0 Å². The van der Waals surface area contributed by atoms with Crippen molar-refractivity contribution in [1.29, 1.82) is 0 Å². The number of hydrogen-bond acceptors (Lipinski definition) is 5. The molecule has 1 saturated heterocycles. The number of aryl methyl sites for hydroxylation is 1. The minimum atomic E-state index is -1.24. The fourth-order valence-corrected chi connectivity index (χ4v) is 3.71. The van der Waals surface area contributed by atoms with Gasteiger partial charge in [0.2, 0.25) is 5.91 Å². The lowest BCUT2D eigenvalue weighted by Gasteiger charge is -2.35. The summed E-state index contributed by atoms with van der Waals surface area (Å²) in [4.78, 5) is 52.1. The molecule has 0 saturated carbocycles. The third kappa shape index (κ3) is 7.06. The van der Waals surface area contributed by atoms with Crippen LogP contribution in [0.4, 0.5) is 4.79 Å². The number of piperazine rings is 1. The molecule has 0 aliphatic carbocycles. The third-order valence-electron chi connectivity index (χ3n) is 5.63. The topological polar surface area (TPSA) is 116 Å². The number of aliphatic carboxylic acids is 1. The van der Waals surface area contributed by atoms with Gasteiger partial charge in [-0.05, 0) is 31.0 Å². The Hall–Kier alpha value is -3.88. The molecule has 0 aromatic heterocycles. The van der Waals surface area contributed by atoms with E-state index in [0.29, 0.717) is 31.7 Å². The van der Waals surface area contributed by atoms with E-state index < -0.39 is 18.1 Å². The van der Waals surface area contributed by atoms with Crippen LogP contribution in [0.1, 0.15) is 34.3 Å². The molecule has 2 N–H and O–H groups in total. The summed E-state index contributed by atoms with van der Waals surface area (Å²) in [5.41, 5.74) is 2.40. The lowest BCUT2D eigenvalue weighted by atomic mass is 10.1. The van der Waals surface area contributed by atoms with E-state index in [9.17, 15) is 24.3 Å². The van der Waals surface area contributed by atoms with E-state index in [1.807, 2.05) is 31.2 Å². The van der Waals surface area contributed by atoms with Gasteiger partial charge in [0.25, 0.3) is 5.91 Å². The fraction of sp³-hybridized carbons (Fsp3) is 0.360. The number of carbonyl (C=O) groups excluding carboxylic acids is 3. The molecule has 0 spiro atoms. The molecular formula is C25H29N3O6.